The van der Waals surface area contributed by atoms with Crippen molar-refractivity contribution in [1.29, 1.82) is 0 Å². The Labute approximate surface area is 310 Å². The van der Waals surface area contributed by atoms with Gasteiger partial charge in [-0.25, -0.2) is 0 Å². The summed E-state index contributed by atoms with van der Waals surface area (Å²) in [6.45, 7) is 2.18. The van der Waals surface area contributed by atoms with E-state index in [0.29, 0.717) is 0 Å². The molecule has 0 spiro atoms. The predicted molar refractivity (Wildman–Crippen MR) is 220 cm³/mol. The number of hydrogen-bond donors (Lipinski definition) is 0. The van der Waals surface area contributed by atoms with Crippen LogP contribution in [-0.4, -0.2) is 4.57 Å². The molecular formula is C50H39NS. The van der Waals surface area contributed by atoms with Crippen molar-refractivity contribution in [3.63, 3.8) is 0 Å². The summed E-state index contributed by atoms with van der Waals surface area (Å²) in [6, 6.07) is 49.7. The Morgan fingerprint density at radius 2 is 1.50 bits per heavy atom. The van der Waals surface area contributed by atoms with Gasteiger partial charge in [0.2, 0.25) is 0 Å². The van der Waals surface area contributed by atoms with Gasteiger partial charge in [-0.05, 0) is 118 Å². The third-order valence-electron chi connectivity index (χ3n) is 11.3. The topological polar surface area (TPSA) is 4.93 Å². The quantitative estimate of drug-likeness (QED) is 0.151. The molecule has 2 heteroatoms. The zero-order chi connectivity index (χ0) is 34.6. The van der Waals surface area contributed by atoms with Crippen LogP contribution < -0.4 is 0 Å². The molecule has 0 saturated carbocycles. The van der Waals surface area contributed by atoms with Gasteiger partial charge in [-0.3, -0.25) is 0 Å². The fourth-order valence-corrected chi connectivity index (χ4v) is 9.86. The lowest BCUT2D eigenvalue weighted by atomic mass is 9.88. The average Bonchev–Trinajstić information content (AvgIpc) is 3.85. The Hall–Kier alpha value is -5.57. The summed E-state index contributed by atoms with van der Waals surface area (Å²) in [5.74, 6) is 0.243. The molecule has 0 fully saturated rings. The highest BCUT2D eigenvalue weighted by Crippen LogP contribution is 2.50. The summed E-state index contributed by atoms with van der Waals surface area (Å²) in [6.07, 6.45) is 17.2. The van der Waals surface area contributed by atoms with Crippen LogP contribution in [0.15, 0.2) is 191 Å². The maximum Gasteiger partial charge on any atom is 0.0560 e. The number of allylic oxidation sites excluding steroid dienone is 8. The van der Waals surface area contributed by atoms with E-state index in [1.807, 2.05) is 11.8 Å². The fraction of sp³-hybridized carbons (Fsp3) is 0.120. The summed E-state index contributed by atoms with van der Waals surface area (Å²) >= 11 is 1.83. The van der Waals surface area contributed by atoms with Crippen LogP contribution in [0.2, 0.25) is 0 Å². The van der Waals surface area contributed by atoms with E-state index in [1.165, 1.54) is 87.3 Å². The van der Waals surface area contributed by atoms with Gasteiger partial charge in [0.1, 0.15) is 0 Å². The molecule has 0 aliphatic heterocycles. The van der Waals surface area contributed by atoms with Gasteiger partial charge < -0.3 is 4.57 Å². The smallest absolute Gasteiger partial charge is 0.0560 e. The summed E-state index contributed by atoms with van der Waals surface area (Å²) in [4.78, 5) is 2.55. The third-order valence-corrected chi connectivity index (χ3v) is 12.3. The molecule has 1 heterocycles. The molecule has 0 radical (unpaired) electrons. The van der Waals surface area contributed by atoms with Crippen LogP contribution in [0.4, 0.5) is 0 Å². The molecule has 3 aliphatic carbocycles. The molecule has 1 aromatic heterocycles. The highest BCUT2D eigenvalue weighted by Gasteiger charge is 2.30. The van der Waals surface area contributed by atoms with Gasteiger partial charge in [-0.2, -0.15) is 0 Å². The number of fused-ring (bicyclic) bond motifs is 10. The van der Waals surface area contributed by atoms with Crippen molar-refractivity contribution in [3.8, 4) is 22.3 Å². The number of hydrogen-bond acceptors (Lipinski definition) is 1. The molecule has 250 valence electrons. The summed E-state index contributed by atoms with van der Waals surface area (Å²) in [5.41, 5.74) is 16.6. The second-order valence-electron chi connectivity index (χ2n) is 14.2. The Morgan fingerprint density at radius 1 is 0.712 bits per heavy atom. The minimum atomic E-state index is 0.243. The molecule has 0 bridgehead atoms. The van der Waals surface area contributed by atoms with Gasteiger partial charge in [-0.1, -0.05) is 145 Å². The zero-order valence-corrected chi connectivity index (χ0v) is 30.1. The normalized spacial score (nSPS) is 17.4. The largest absolute Gasteiger partial charge is 0.333 e. The predicted octanol–water partition coefficient (Wildman–Crippen LogP) is 13.6. The first-order valence-electron chi connectivity index (χ1n) is 18.5. The second-order valence-corrected chi connectivity index (χ2v) is 15.4. The standard InChI is InChI=1S/C50H39NS/c1-2-34(48-42-20-9-8-19-41(42)45-32-39(28-29-43(45)48)52-38-16-4-3-5-17-38)15-12-13-33-23-26-37(27-24-33)51-46-22-11-10-21-44(46)50-47(51)30-25-36-31-35-14-6-7-18-40(35)49(36)50/h2-12,14-26,28-30,32,37,48H,13,27,31H2,1H3/b15-12-,34-2+. The fourth-order valence-electron chi connectivity index (χ4n) is 8.98. The highest BCUT2D eigenvalue weighted by molar-refractivity contribution is 7.99. The molecule has 7 aromatic rings. The molecule has 0 amide bonds. The van der Waals surface area contributed by atoms with Crippen LogP contribution in [-0.2, 0) is 6.42 Å². The van der Waals surface area contributed by atoms with Crippen molar-refractivity contribution in [2.24, 2.45) is 0 Å². The van der Waals surface area contributed by atoms with Gasteiger partial charge in [0.15, 0.2) is 0 Å². The Bertz CT molecular complexity index is 2650. The molecule has 52 heavy (non-hydrogen) atoms. The van der Waals surface area contributed by atoms with Gasteiger partial charge >= 0.3 is 0 Å². The lowest BCUT2D eigenvalue weighted by Gasteiger charge is -2.20. The van der Waals surface area contributed by atoms with E-state index in [-0.39, 0.29) is 12.0 Å². The number of benzene rings is 6. The molecule has 2 unspecified atom stereocenters. The van der Waals surface area contributed by atoms with E-state index in [1.54, 1.807) is 0 Å². The molecule has 0 N–H and O–H groups in total. The molecule has 0 saturated heterocycles. The number of nitrogens with zero attached hydrogens (tertiary/aromatic N) is 1. The first-order valence-corrected chi connectivity index (χ1v) is 19.4. The van der Waals surface area contributed by atoms with E-state index in [2.05, 4.69) is 181 Å². The first kappa shape index (κ1) is 31.2. The van der Waals surface area contributed by atoms with Crippen molar-refractivity contribution in [2.75, 3.05) is 0 Å². The lowest BCUT2D eigenvalue weighted by molar-refractivity contribution is 0.643. The maximum atomic E-state index is 2.59. The Morgan fingerprint density at radius 3 is 2.37 bits per heavy atom. The Balaban J connectivity index is 0.904. The van der Waals surface area contributed by atoms with Crippen molar-refractivity contribution in [2.45, 2.75) is 47.9 Å². The number of rotatable bonds is 7. The van der Waals surface area contributed by atoms with Crippen LogP contribution in [0.5, 0.6) is 0 Å². The van der Waals surface area contributed by atoms with Crippen molar-refractivity contribution < 1.29 is 0 Å². The van der Waals surface area contributed by atoms with Crippen LogP contribution in [0, 0.1) is 0 Å². The zero-order valence-electron chi connectivity index (χ0n) is 29.3. The SMILES string of the molecule is C/C=C(\C=C/CC1=CCC(n2c3ccccc3c3c4c(ccc32)Cc2ccccc2-4)C=C1)C1c2ccccc2-c2cc(Sc3ccccc3)ccc21. The first-order chi connectivity index (χ1) is 25.7. The van der Waals surface area contributed by atoms with Gasteiger partial charge in [0, 0.05) is 32.0 Å². The molecule has 1 nitrogen and oxygen atoms in total. The van der Waals surface area contributed by atoms with E-state index in [9.17, 15) is 0 Å². The van der Waals surface area contributed by atoms with Crippen LogP contribution in [0.1, 0.15) is 54.0 Å². The van der Waals surface area contributed by atoms with Crippen molar-refractivity contribution in [3.05, 3.63) is 203 Å². The maximum absolute atomic E-state index is 2.59. The van der Waals surface area contributed by atoms with Crippen LogP contribution in [0.25, 0.3) is 44.1 Å². The van der Waals surface area contributed by atoms with Crippen LogP contribution in [0.3, 0.4) is 0 Å². The van der Waals surface area contributed by atoms with E-state index in [0.717, 1.165) is 19.3 Å². The summed E-state index contributed by atoms with van der Waals surface area (Å²) in [7, 11) is 0. The third kappa shape index (κ3) is 5.16. The minimum Gasteiger partial charge on any atom is -0.333 e. The molecule has 6 aromatic carbocycles. The minimum absolute atomic E-state index is 0.243. The van der Waals surface area contributed by atoms with E-state index in [4.69, 9.17) is 0 Å². The van der Waals surface area contributed by atoms with Crippen molar-refractivity contribution >= 4 is 33.6 Å². The van der Waals surface area contributed by atoms with Gasteiger partial charge in [0.25, 0.3) is 0 Å². The summed E-state index contributed by atoms with van der Waals surface area (Å²) < 4.78 is 2.59. The average molecular weight is 686 g/mol. The highest BCUT2D eigenvalue weighted by atomic mass is 32.2. The summed E-state index contributed by atoms with van der Waals surface area (Å²) in [5, 5.41) is 2.77. The monoisotopic (exact) mass is 685 g/mol. The van der Waals surface area contributed by atoms with Crippen molar-refractivity contribution in [1.82, 2.24) is 4.57 Å². The van der Waals surface area contributed by atoms with Crippen LogP contribution >= 0.6 is 11.8 Å². The number of aromatic nitrogens is 1. The second kappa shape index (κ2) is 12.9. The van der Waals surface area contributed by atoms with Gasteiger partial charge in [0.05, 0.1) is 11.6 Å². The van der Waals surface area contributed by atoms with Gasteiger partial charge in [-0.15, -0.1) is 0 Å². The molecule has 10 rings (SSSR count). The molecular weight excluding hydrogens is 647 g/mol. The lowest BCUT2D eigenvalue weighted by Crippen LogP contribution is -2.08. The molecule has 2 atom stereocenters. The van der Waals surface area contributed by atoms with E-state index < -0.39 is 0 Å². The molecule has 3 aliphatic rings. The van der Waals surface area contributed by atoms with E-state index >= 15 is 0 Å². The number of para-hydroxylation sites is 1. The Kier molecular flexibility index (Phi) is 7.73.